The summed E-state index contributed by atoms with van der Waals surface area (Å²) in [6.45, 7) is 1.29. The van der Waals surface area contributed by atoms with Gasteiger partial charge in [-0.15, -0.1) is 0 Å². The van der Waals surface area contributed by atoms with E-state index in [4.69, 9.17) is 5.11 Å². The van der Waals surface area contributed by atoms with Gasteiger partial charge in [-0.1, -0.05) is 12.2 Å². The van der Waals surface area contributed by atoms with Crippen LogP contribution >= 0.6 is 0 Å². The van der Waals surface area contributed by atoms with Crippen molar-refractivity contribution in [3.63, 3.8) is 0 Å². The molecule has 1 aliphatic heterocycles. The van der Waals surface area contributed by atoms with Gasteiger partial charge in [0.05, 0.1) is 11.3 Å². The summed E-state index contributed by atoms with van der Waals surface area (Å²) < 4.78 is 0. The first-order valence-corrected chi connectivity index (χ1v) is 5.72. The minimum atomic E-state index is -1.14. The van der Waals surface area contributed by atoms with Crippen molar-refractivity contribution >= 4 is 17.8 Å². The SMILES string of the molecule is C[C@@]12C(=O)N(CC(=O)O)C(=O)[C@@H]1[C@H]1C=C[C@H]2C1. The molecule has 0 unspecified atom stereocenters. The molecular weight excluding hydrogens is 222 g/mol. The monoisotopic (exact) mass is 235 g/mol. The van der Waals surface area contributed by atoms with E-state index >= 15 is 0 Å². The summed E-state index contributed by atoms with van der Waals surface area (Å²) in [7, 11) is 0. The Balaban J connectivity index is 2.00. The van der Waals surface area contributed by atoms with Gasteiger partial charge >= 0.3 is 5.97 Å². The standard InChI is InChI=1S/C12H13NO4/c1-12-7-3-2-6(4-7)9(12)10(16)13(11(12)17)5-8(14)15/h2-3,6-7,9H,4-5H2,1H3,(H,14,15)/t6-,7-,9-,12-/m0/s1. The van der Waals surface area contributed by atoms with Crippen molar-refractivity contribution in [3.8, 4) is 0 Å². The summed E-state index contributed by atoms with van der Waals surface area (Å²) >= 11 is 0. The van der Waals surface area contributed by atoms with Gasteiger partial charge in [-0.05, 0) is 25.2 Å². The molecule has 1 N–H and O–H groups in total. The second-order valence-electron chi connectivity index (χ2n) is 5.27. The fraction of sp³-hybridized carbons (Fsp3) is 0.583. The van der Waals surface area contributed by atoms with Crippen molar-refractivity contribution in [2.24, 2.45) is 23.2 Å². The lowest BCUT2D eigenvalue weighted by molar-refractivity contribution is -0.150. The molecule has 0 aromatic rings. The molecule has 90 valence electrons. The van der Waals surface area contributed by atoms with E-state index in [1.54, 1.807) is 6.92 Å². The fourth-order valence-electron chi connectivity index (χ4n) is 3.67. The number of hydrogen-bond acceptors (Lipinski definition) is 3. The van der Waals surface area contributed by atoms with Crippen molar-refractivity contribution in [3.05, 3.63) is 12.2 Å². The van der Waals surface area contributed by atoms with Crippen molar-refractivity contribution < 1.29 is 19.5 Å². The predicted molar refractivity (Wildman–Crippen MR) is 56.7 cm³/mol. The number of allylic oxidation sites excluding steroid dienone is 2. The maximum Gasteiger partial charge on any atom is 0.323 e. The van der Waals surface area contributed by atoms with E-state index in [0.717, 1.165) is 11.3 Å². The highest BCUT2D eigenvalue weighted by molar-refractivity contribution is 6.10. The van der Waals surface area contributed by atoms with Crippen LogP contribution in [0.4, 0.5) is 0 Å². The molecule has 2 bridgehead atoms. The van der Waals surface area contributed by atoms with E-state index in [2.05, 4.69) is 0 Å². The lowest BCUT2D eigenvalue weighted by Crippen LogP contribution is -2.39. The van der Waals surface area contributed by atoms with E-state index in [9.17, 15) is 14.4 Å². The summed E-state index contributed by atoms with van der Waals surface area (Å²) in [5.41, 5.74) is -0.702. The van der Waals surface area contributed by atoms with Crippen LogP contribution in [0.2, 0.25) is 0 Å². The van der Waals surface area contributed by atoms with Gasteiger partial charge in [0, 0.05) is 0 Å². The number of nitrogens with zero attached hydrogens (tertiary/aromatic N) is 1. The van der Waals surface area contributed by atoms with Crippen LogP contribution in [0.3, 0.4) is 0 Å². The molecule has 3 rings (SSSR count). The summed E-state index contributed by atoms with van der Waals surface area (Å²) in [5, 5.41) is 8.74. The van der Waals surface area contributed by atoms with Crippen molar-refractivity contribution in [2.75, 3.05) is 6.54 Å². The smallest absolute Gasteiger partial charge is 0.323 e. The molecule has 0 spiro atoms. The molecule has 4 atom stereocenters. The quantitative estimate of drug-likeness (QED) is 0.550. The highest BCUT2D eigenvalue weighted by Crippen LogP contribution is 2.60. The number of rotatable bonds is 2. The minimum Gasteiger partial charge on any atom is -0.480 e. The third-order valence-corrected chi connectivity index (χ3v) is 4.49. The molecular formula is C12H13NO4. The van der Waals surface area contributed by atoms with Gasteiger partial charge in [-0.25, -0.2) is 0 Å². The Hall–Kier alpha value is -1.65. The molecule has 0 aromatic heterocycles. The number of aliphatic carboxylic acids is 1. The van der Waals surface area contributed by atoms with Crippen LogP contribution in [0.25, 0.3) is 0 Å². The van der Waals surface area contributed by atoms with E-state index in [1.807, 2.05) is 12.2 Å². The zero-order valence-corrected chi connectivity index (χ0v) is 9.42. The zero-order chi connectivity index (χ0) is 12.4. The Kier molecular flexibility index (Phi) is 1.83. The molecule has 2 amide bonds. The highest BCUT2D eigenvalue weighted by atomic mass is 16.4. The second kappa shape index (κ2) is 2.97. The van der Waals surface area contributed by atoms with Crippen LogP contribution in [-0.4, -0.2) is 34.3 Å². The Morgan fingerprint density at radius 3 is 2.82 bits per heavy atom. The van der Waals surface area contributed by atoms with Crippen LogP contribution in [0.5, 0.6) is 0 Å². The van der Waals surface area contributed by atoms with Crippen molar-refractivity contribution in [1.29, 1.82) is 0 Å². The molecule has 0 aromatic carbocycles. The Bertz CT molecular complexity index is 469. The predicted octanol–water partition coefficient (Wildman–Crippen LogP) is 0.268. The van der Waals surface area contributed by atoms with Crippen LogP contribution in [0.15, 0.2) is 12.2 Å². The third kappa shape index (κ3) is 1.06. The van der Waals surface area contributed by atoms with Gasteiger partial charge in [0.15, 0.2) is 0 Å². The number of amides is 2. The number of imide groups is 1. The maximum absolute atomic E-state index is 12.3. The number of carboxylic acid groups (broad SMARTS) is 1. The van der Waals surface area contributed by atoms with Crippen LogP contribution in [-0.2, 0) is 14.4 Å². The first kappa shape index (κ1) is 10.5. The lowest BCUT2D eigenvalue weighted by Gasteiger charge is -2.28. The van der Waals surface area contributed by atoms with E-state index < -0.39 is 17.9 Å². The molecule has 1 heterocycles. The third-order valence-electron chi connectivity index (χ3n) is 4.49. The molecule has 1 saturated heterocycles. The maximum atomic E-state index is 12.3. The number of carboxylic acids is 1. The number of hydrogen-bond donors (Lipinski definition) is 1. The molecule has 5 heteroatoms. The molecule has 17 heavy (non-hydrogen) atoms. The van der Waals surface area contributed by atoms with E-state index in [1.165, 1.54) is 0 Å². The van der Waals surface area contributed by atoms with Crippen LogP contribution < -0.4 is 0 Å². The minimum absolute atomic E-state index is 0.0905. The second-order valence-corrected chi connectivity index (χ2v) is 5.27. The van der Waals surface area contributed by atoms with Crippen molar-refractivity contribution in [1.82, 2.24) is 4.90 Å². The molecule has 0 radical (unpaired) electrons. The normalized spacial score (nSPS) is 42.4. The number of fused-ring (bicyclic) bond motifs is 5. The van der Waals surface area contributed by atoms with Gasteiger partial charge in [-0.2, -0.15) is 0 Å². The zero-order valence-electron chi connectivity index (χ0n) is 9.42. The molecule has 5 nitrogen and oxygen atoms in total. The molecule has 2 fully saturated rings. The average molecular weight is 235 g/mol. The molecule has 3 aliphatic rings. The van der Waals surface area contributed by atoms with E-state index in [-0.39, 0.29) is 29.6 Å². The largest absolute Gasteiger partial charge is 0.480 e. The van der Waals surface area contributed by atoms with Gasteiger partial charge in [-0.3, -0.25) is 19.3 Å². The first-order chi connectivity index (χ1) is 7.96. The summed E-state index contributed by atoms with van der Waals surface area (Å²) in [5.74, 6) is -1.91. The number of likely N-dealkylation sites (tertiary alicyclic amines) is 1. The van der Waals surface area contributed by atoms with Crippen molar-refractivity contribution in [2.45, 2.75) is 13.3 Å². The average Bonchev–Trinajstić information content (AvgIpc) is 2.87. The van der Waals surface area contributed by atoms with Crippen LogP contribution in [0, 0.1) is 23.2 Å². The number of carbonyl (C=O) groups excluding carboxylic acids is 2. The van der Waals surface area contributed by atoms with E-state index in [0.29, 0.717) is 0 Å². The van der Waals surface area contributed by atoms with Crippen LogP contribution in [0.1, 0.15) is 13.3 Å². The molecule has 2 aliphatic carbocycles. The summed E-state index contributed by atoms with van der Waals surface area (Å²) in [6, 6.07) is 0. The Morgan fingerprint density at radius 1 is 1.53 bits per heavy atom. The van der Waals surface area contributed by atoms with Gasteiger partial charge in [0.1, 0.15) is 6.54 Å². The van der Waals surface area contributed by atoms with Gasteiger partial charge in [0.2, 0.25) is 11.8 Å². The Morgan fingerprint density at radius 2 is 2.24 bits per heavy atom. The molecule has 1 saturated carbocycles. The Labute approximate surface area is 98.1 Å². The number of carbonyl (C=O) groups is 3. The lowest BCUT2D eigenvalue weighted by atomic mass is 9.71. The van der Waals surface area contributed by atoms with Gasteiger partial charge < -0.3 is 5.11 Å². The topological polar surface area (TPSA) is 74.7 Å². The summed E-state index contributed by atoms with van der Waals surface area (Å²) in [6.07, 6.45) is 4.84. The summed E-state index contributed by atoms with van der Waals surface area (Å²) in [4.78, 5) is 36.0. The fourth-order valence-corrected chi connectivity index (χ4v) is 3.67. The highest BCUT2D eigenvalue weighted by Gasteiger charge is 2.67. The first-order valence-electron chi connectivity index (χ1n) is 5.72. The van der Waals surface area contributed by atoms with Gasteiger partial charge in [0.25, 0.3) is 0 Å².